The normalized spacial score (nSPS) is 11.5. The Morgan fingerprint density at radius 3 is 2.00 bits per heavy atom. The third-order valence-corrected chi connectivity index (χ3v) is 6.72. The van der Waals surface area contributed by atoms with E-state index in [0.717, 1.165) is 15.4 Å². The quantitative estimate of drug-likeness (QED) is 0.556. The van der Waals surface area contributed by atoms with Crippen LogP contribution in [0, 0.1) is 0 Å². The van der Waals surface area contributed by atoms with Gasteiger partial charge in [-0.1, -0.05) is 72.3 Å². The number of hydrogen-bond donors (Lipinski definition) is 1. The Morgan fingerprint density at radius 2 is 1.52 bits per heavy atom. The predicted octanol–water partition coefficient (Wildman–Crippen LogP) is 3.87. The maximum absolute atomic E-state index is 12.6. The molecule has 0 bridgehead atoms. The van der Waals surface area contributed by atoms with Crippen LogP contribution in [0.2, 0.25) is 5.02 Å². The van der Waals surface area contributed by atoms with Crippen LogP contribution in [-0.4, -0.2) is 39.3 Å². The van der Waals surface area contributed by atoms with Crippen molar-refractivity contribution in [1.82, 2.24) is 9.62 Å². The van der Waals surface area contributed by atoms with E-state index in [9.17, 15) is 13.2 Å². The molecule has 3 aromatic carbocycles. The van der Waals surface area contributed by atoms with Gasteiger partial charge in [0.1, 0.15) is 5.75 Å². The van der Waals surface area contributed by atoms with Gasteiger partial charge in [0.2, 0.25) is 10.0 Å². The van der Waals surface area contributed by atoms with E-state index in [0.29, 0.717) is 0 Å². The largest absolute Gasteiger partial charge is 0.482 e. The summed E-state index contributed by atoms with van der Waals surface area (Å²) in [5, 5.41) is 3.09. The molecule has 3 aromatic rings. The monoisotopic (exact) mass is 458 g/mol. The maximum Gasteiger partial charge on any atom is 0.258 e. The number of nitrogens with zero attached hydrogens (tertiary/aromatic N) is 1. The molecule has 0 fully saturated rings. The number of carbonyl (C=O) groups excluding carboxylic acids is 1. The predicted molar refractivity (Wildman–Crippen MR) is 121 cm³/mol. The Bertz CT molecular complexity index is 1100. The van der Waals surface area contributed by atoms with Crippen LogP contribution < -0.4 is 10.1 Å². The van der Waals surface area contributed by atoms with Crippen LogP contribution in [-0.2, 0) is 14.8 Å². The molecule has 3 rings (SSSR count). The van der Waals surface area contributed by atoms with Crippen molar-refractivity contribution in [2.45, 2.75) is 10.9 Å². The molecule has 0 heterocycles. The Balaban J connectivity index is 1.71. The van der Waals surface area contributed by atoms with Gasteiger partial charge in [0.05, 0.1) is 16.0 Å². The lowest BCUT2D eigenvalue weighted by molar-refractivity contribution is -0.123. The van der Waals surface area contributed by atoms with Crippen LogP contribution in [0.1, 0.15) is 17.2 Å². The zero-order chi connectivity index (χ0) is 22.4. The van der Waals surface area contributed by atoms with Gasteiger partial charge in [-0.25, -0.2) is 12.7 Å². The molecule has 0 aliphatic carbocycles. The SMILES string of the molecule is CN(C)S(=O)(=O)c1ccc(OCC(=O)NC(c2ccccc2)c2ccccc2)c(Cl)c1. The van der Waals surface area contributed by atoms with E-state index in [1.54, 1.807) is 0 Å². The summed E-state index contributed by atoms with van der Waals surface area (Å²) in [6, 6.07) is 23.1. The summed E-state index contributed by atoms with van der Waals surface area (Å²) in [7, 11) is -0.734. The lowest BCUT2D eigenvalue weighted by atomic mass is 9.99. The Morgan fingerprint density at radius 1 is 0.968 bits per heavy atom. The first kappa shape index (κ1) is 22.8. The third kappa shape index (κ3) is 5.64. The van der Waals surface area contributed by atoms with E-state index < -0.39 is 10.0 Å². The fourth-order valence-corrected chi connectivity index (χ4v) is 4.19. The van der Waals surface area contributed by atoms with Crippen LogP contribution in [0.4, 0.5) is 0 Å². The second-order valence-electron chi connectivity index (χ2n) is 6.99. The molecule has 0 unspecified atom stereocenters. The highest BCUT2D eigenvalue weighted by Gasteiger charge is 2.20. The summed E-state index contributed by atoms with van der Waals surface area (Å²) in [6.45, 7) is -0.268. The molecule has 0 spiro atoms. The summed E-state index contributed by atoms with van der Waals surface area (Å²) in [4.78, 5) is 12.7. The Kier molecular flexibility index (Phi) is 7.33. The standard InChI is InChI=1S/C23H23ClN2O4S/c1-26(2)31(28,29)19-13-14-21(20(24)15-19)30-16-22(27)25-23(17-9-5-3-6-10-17)18-11-7-4-8-12-18/h3-15,23H,16H2,1-2H3,(H,25,27). The fraction of sp³-hybridized carbons (Fsp3) is 0.174. The fourth-order valence-electron chi connectivity index (χ4n) is 2.97. The number of rotatable bonds is 8. The van der Waals surface area contributed by atoms with Crippen LogP contribution in [0.3, 0.4) is 0 Å². The molecule has 1 amide bonds. The molecule has 8 heteroatoms. The van der Waals surface area contributed by atoms with Gasteiger partial charge in [0.15, 0.2) is 6.61 Å². The molecule has 0 aliphatic heterocycles. The summed E-state index contributed by atoms with van der Waals surface area (Å²) < 4.78 is 31.1. The molecule has 1 N–H and O–H groups in total. The number of amides is 1. The second kappa shape index (κ2) is 9.96. The molecule has 0 aliphatic rings. The molecule has 31 heavy (non-hydrogen) atoms. The molecule has 0 aromatic heterocycles. The minimum Gasteiger partial charge on any atom is -0.482 e. The van der Waals surface area contributed by atoms with Crippen molar-refractivity contribution in [2.24, 2.45) is 0 Å². The first-order valence-electron chi connectivity index (χ1n) is 9.53. The van der Waals surface area contributed by atoms with Gasteiger partial charge in [0.25, 0.3) is 5.91 Å². The Labute approximate surface area is 187 Å². The lowest BCUT2D eigenvalue weighted by Crippen LogP contribution is -2.33. The number of nitrogens with one attached hydrogen (secondary N) is 1. The number of halogens is 1. The number of sulfonamides is 1. The molecule has 0 saturated carbocycles. The van der Waals surface area contributed by atoms with Gasteiger partial charge in [-0.15, -0.1) is 0 Å². The third-order valence-electron chi connectivity index (χ3n) is 4.61. The van der Waals surface area contributed by atoms with Gasteiger partial charge in [-0.05, 0) is 29.3 Å². The second-order valence-corrected chi connectivity index (χ2v) is 9.55. The van der Waals surface area contributed by atoms with Crippen molar-refractivity contribution >= 4 is 27.5 Å². The summed E-state index contributed by atoms with van der Waals surface area (Å²) in [5.41, 5.74) is 1.89. The summed E-state index contributed by atoms with van der Waals surface area (Å²) in [5.74, 6) is -0.107. The number of hydrogen-bond acceptors (Lipinski definition) is 4. The first-order valence-corrected chi connectivity index (χ1v) is 11.3. The highest BCUT2D eigenvalue weighted by molar-refractivity contribution is 7.89. The van der Waals surface area contributed by atoms with Crippen molar-refractivity contribution in [2.75, 3.05) is 20.7 Å². The number of ether oxygens (including phenoxy) is 1. The van der Waals surface area contributed by atoms with Gasteiger partial charge in [0, 0.05) is 14.1 Å². The molecule has 162 valence electrons. The van der Waals surface area contributed by atoms with E-state index >= 15 is 0 Å². The van der Waals surface area contributed by atoms with Crippen molar-refractivity contribution < 1.29 is 17.9 Å². The smallest absolute Gasteiger partial charge is 0.258 e. The topological polar surface area (TPSA) is 75.7 Å². The first-order chi connectivity index (χ1) is 14.8. The lowest BCUT2D eigenvalue weighted by Gasteiger charge is -2.20. The van der Waals surface area contributed by atoms with Gasteiger partial charge in [-0.3, -0.25) is 4.79 Å². The van der Waals surface area contributed by atoms with E-state index in [-0.39, 0.29) is 34.2 Å². The van der Waals surface area contributed by atoms with Crippen molar-refractivity contribution in [1.29, 1.82) is 0 Å². The highest BCUT2D eigenvalue weighted by Crippen LogP contribution is 2.28. The van der Waals surface area contributed by atoms with Crippen LogP contribution in [0.25, 0.3) is 0 Å². The van der Waals surface area contributed by atoms with E-state index in [2.05, 4.69) is 5.32 Å². The molecular weight excluding hydrogens is 436 g/mol. The van der Waals surface area contributed by atoms with Crippen molar-refractivity contribution in [3.63, 3.8) is 0 Å². The molecule has 0 atom stereocenters. The van der Waals surface area contributed by atoms with E-state index in [1.807, 2.05) is 60.7 Å². The van der Waals surface area contributed by atoms with Gasteiger partial charge >= 0.3 is 0 Å². The van der Waals surface area contributed by atoms with Crippen LogP contribution in [0.15, 0.2) is 83.8 Å². The zero-order valence-electron chi connectivity index (χ0n) is 17.2. The molecule has 0 radical (unpaired) electrons. The molecule has 0 saturated heterocycles. The van der Waals surface area contributed by atoms with Crippen molar-refractivity contribution in [3.8, 4) is 5.75 Å². The summed E-state index contributed by atoms with van der Waals surface area (Å²) >= 11 is 6.18. The van der Waals surface area contributed by atoms with Crippen LogP contribution in [0.5, 0.6) is 5.75 Å². The van der Waals surface area contributed by atoms with Gasteiger partial charge < -0.3 is 10.1 Å². The maximum atomic E-state index is 12.6. The minimum absolute atomic E-state index is 0.0486. The zero-order valence-corrected chi connectivity index (χ0v) is 18.7. The summed E-state index contributed by atoms with van der Waals surface area (Å²) in [6.07, 6.45) is 0. The minimum atomic E-state index is -3.61. The average Bonchev–Trinajstić information content (AvgIpc) is 2.77. The average molecular weight is 459 g/mol. The van der Waals surface area contributed by atoms with Gasteiger partial charge in [-0.2, -0.15) is 0 Å². The molecular formula is C23H23ClN2O4S. The number of carbonyl (C=O) groups is 1. The highest BCUT2D eigenvalue weighted by atomic mass is 35.5. The molecule has 6 nitrogen and oxygen atoms in total. The van der Waals surface area contributed by atoms with Crippen LogP contribution >= 0.6 is 11.6 Å². The number of benzene rings is 3. The van der Waals surface area contributed by atoms with E-state index in [1.165, 1.54) is 32.3 Å². The Hall–Kier alpha value is -2.87. The van der Waals surface area contributed by atoms with E-state index in [4.69, 9.17) is 16.3 Å². The van der Waals surface area contributed by atoms with Crippen molar-refractivity contribution in [3.05, 3.63) is 95.0 Å².